The SMILES string of the molecule is CCCCN(C(=O)C1CSCN1)C1CC1. The molecular formula is C11H20N2OS. The van der Waals surface area contributed by atoms with Crippen LogP contribution in [0.1, 0.15) is 32.6 Å². The van der Waals surface area contributed by atoms with Gasteiger partial charge in [-0.1, -0.05) is 13.3 Å². The van der Waals surface area contributed by atoms with Crippen LogP contribution in [0.2, 0.25) is 0 Å². The van der Waals surface area contributed by atoms with E-state index in [1.54, 1.807) is 0 Å². The Morgan fingerprint density at radius 1 is 1.53 bits per heavy atom. The van der Waals surface area contributed by atoms with E-state index in [2.05, 4.69) is 17.1 Å². The maximum absolute atomic E-state index is 12.2. The van der Waals surface area contributed by atoms with Gasteiger partial charge in [-0.15, -0.1) is 11.8 Å². The number of nitrogens with zero attached hydrogens (tertiary/aromatic N) is 1. The molecule has 0 radical (unpaired) electrons. The van der Waals surface area contributed by atoms with Crippen LogP contribution in [0, 0.1) is 0 Å². The van der Waals surface area contributed by atoms with Gasteiger partial charge in [0.1, 0.15) is 0 Å². The maximum atomic E-state index is 12.2. The van der Waals surface area contributed by atoms with E-state index in [1.165, 1.54) is 19.3 Å². The first kappa shape index (κ1) is 11.3. The Labute approximate surface area is 96.0 Å². The highest BCUT2D eigenvalue weighted by atomic mass is 32.2. The molecule has 2 fully saturated rings. The average molecular weight is 228 g/mol. The van der Waals surface area contributed by atoms with Gasteiger partial charge in [-0.05, 0) is 19.3 Å². The molecule has 0 aromatic heterocycles. The van der Waals surface area contributed by atoms with Crippen LogP contribution in [0.3, 0.4) is 0 Å². The summed E-state index contributed by atoms with van der Waals surface area (Å²) < 4.78 is 0. The molecule has 1 atom stereocenters. The molecule has 2 rings (SSSR count). The minimum absolute atomic E-state index is 0.0902. The quantitative estimate of drug-likeness (QED) is 0.773. The van der Waals surface area contributed by atoms with Crippen molar-refractivity contribution < 1.29 is 4.79 Å². The fraction of sp³-hybridized carbons (Fsp3) is 0.909. The minimum atomic E-state index is 0.0902. The molecule has 3 nitrogen and oxygen atoms in total. The Morgan fingerprint density at radius 3 is 2.87 bits per heavy atom. The molecule has 1 unspecified atom stereocenters. The van der Waals surface area contributed by atoms with E-state index < -0.39 is 0 Å². The van der Waals surface area contributed by atoms with Crippen LogP contribution < -0.4 is 5.32 Å². The number of hydrogen-bond donors (Lipinski definition) is 1. The molecule has 0 aromatic rings. The van der Waals surface area contributed by atoms with Gasteiger partial charge in [0.2, 0.25) is 5.91 Å². The van der Waals surface area contributed by atoms with Crippen LogP contribution in [0.15, 0.2) is 0 Å². The molecule has 86 valence electrons. The third-order valence-corrected chi connectivity index (χ3v) is 3.98. The van der Waals surface area contributed by atoms with Crippen LogP contribution >= 0.6 is 11.8 Å². The Balaban J connectivity index is 1.87. The van der Waals surface area contributed by atoms with Crippen LogP contribution in [-0.2, 0) is 4.79 Å². The zero-order chi connectivity index (χ0) is 10.7. The molecular weight excluding hydrogens is 208 g/mol. The lowest BCUT2D eigenvalue weighted by atomic mass is 10.2. The summed E-state index contributed by atoms with van der Waals surface area (Å²) in [5, 5.41) is 3.27. The molecule has 1 N–H and O–H groups in total. The monoisotopic (exact) mass is 228 g/mol. The third kappa shape index (κ3) is 2.88. The molecule has 1 amide bonds. The van der Waals surface area contributed by atoms with Crippen molar-refractivity contribution in [1.82, 2.24) is 10.2 Å². The summed E-state index contributed by atoms with van der Waals surface area (Å²) in [6.45, 7) is 3.14. The van der Waals surface area contributed by atoms with Crippen molar-refractivity contribution in [1.29, 1.82) is 0 Å². The lowest BCUT2D eigenvalue weighted by Gasteiger charge is -2.25. The van der Waals surface area contributed by atoms with Gasteiger partial charge in [0, 0.05) is 24.2 Å². The van der Waals surface area contributed by atoms with Gasteiger partial charge < -0.3 is 4.90 Å². The van der Waals surface area contributed by atoms with Gasteiger partial charge in [-0.3, -0.25) is 10.1 Å². The molecule has 1 saturated carbocycles. The fourth-order valence-electron chi connectivity index (χ4n) is 1.94. The van der Waals surface area contributed by atoms with E-state index in [1.807, 2.05) is 11.8 Å². The predicted octanol–water partition coefficient (Wildman–Crippen LogP) is 1.44. The van der Waals surface area contributed by atoms with Crippen molar-refractivity contribution in [2.24, 2.45) is 0 Å². The van der Waals surface area contributed by atoms with Crippen molar-refractivity contribution >= 4 is 17.7 Å². The summed E-state index contributed by atoms with van der Waals surface area (Å²) in [5.41, 5.74) is 0. The number of hydrogen-bond acceptors (Lipinski definition) is 3. The van der Waals surface area contributed by atoms with Gasteiger partial charge in [0.15, 0.2) is 0 Å². The van der Waals surface area contributed by atoms with Gasteiger partial charge in [0.25, 0.3) is 0 Å². The van der Waals surface area contributed by atoms with E-state index in [4.69, 9.17) is 0 Å². The van der Waals surface area contributed by atoms with E-state index >= 15 is 0 Å². The van der Waals surface area contributed by atoms with Crippen molar-refractivity contribution in [2.45, 2.75) is 44.7 Å². The Bertz CT molecular complexity index is 225. The second kappa shape index (κ2) is 5.21. The fourth-order valence-corrected chi connectivity index (χ4v) is 2.87. The van der Waals surface area contributed by atoms with Crippen molar-refractivity contribution in [3.8, 4) is 0 Å². The smallest absolute Gasteiger partial charge is 0.240 e. The van der Waals surface area contributed by atoms with Gasteiger partial charge in [-0.2, -0.15) is 0 Å². The molecule has 4 heteroatoms. The van der Waals surface area contributed by atoms with Crippen molar-refractivity contribution in [2.75, 3.05) is 18.2 Å². The topological polar surface area (TPSA) is 32.3 Å². The first-order chi connectivity index (χ1) is 7.33. The number of amides is 1. The molecule has 1 aliphatic heterocycles. The Morgan fingerprint density at radius 2 is 2.33 bits per heavy atom. The highest BCUT2D eigenvalue weighted by Gasteiger charge is 2.36. The molecule has 0 spiro atoms. The lowest BCUT2D eigenvalue weighted by molar-refractivity contribution is -0.133. The van der Waals surface area contributed by atoms with E-state index in [0.717, 1.165) is 24.6 Å². The lowest BCUT2D eigenvalue weighted by Crippen LogP contribution is -2.46. The van der Waals surface area contributed by atoms with E-state index in [0.29, 0.717) is 11.9 Å². The molecule has 1 saturated heterocycles. The molecule has 1 aliphatic carbocycles. The summed E-state index contributed by atoms with van der Waals surface area (Å²) >= 11 is 1.83. The van der Waals surface area contributed by atoms with Gasteiger partial charge >= 0.3 is 0 Å². The van der Waals surface area contributed by atoms with Crippen LogP contribution in [0.25, 0.3) is 0 Å². The number of carbonyl (C=O) groups excluding carboxylic acids is 1. The predicted molar refractivity (Wildman–Crippen MR) is 63.9 cm³/mol. The second-order valence-electron chi connectivity index (χ2n) is 4.39. The average Bonchev–Trinajstić information content (AvgIpc) is 2.94. The standard InChI is InChI=1S/C11H20N2OS/c1-2-3-6-13(9-4-5-9)11(14)10-7-15-8-12-10/h9-10,12H,2-8H2,1H3. The number of nitrogens with one attached hydrogen (secondary N) is 1. The normalized spacial score (nSPS) is 25.5. The second-order valence-corrected chi connectivity index (χ2v) is 5.42. The van der Waals surface area contributed by atoms with Gasteiger partial charge in [0.05, 0.1) is 6.04 Å². The largest absolute Gasteiger partial charge is 0.338 e. The molecule has 0 bridgehead atoms. The van der Waals surface area contributed by atoms with Crippen LogP contribution in [0.4, 0.5) is 0 Å². The molecule has 1 heterocycles. The molecule has 2 aliphatic rings. The number of unbranched alkanes of at least 4 members (excludes halogenated alkanes) is 1. The minimum Gasteiger partial charge on any atom is -0.338 e. The zero-order valence-corrected chi connectivity index (χ0v) is 10.2. The summed E-state index contributed by atoms with van der Waals surface area (Å²) in [5.74, 6) is 2.23. The van der Waals surface area contributed by atoms with Crippen molar-refractivity contribution in [3.05, 3.63) is 0 Å². The first-order valence-corrected chi connectivity index (χ1v) is 7.10. The Kier molecular flexibility index (Phi) is 3.92. The zero-order valence-electron chi connectivity index (χ0n) is 9.37. The summed E-state index contributed by atoms with van der Waals surface area (Å²) in [7, 11) is 0. The molecule has 0 aromatic carbocycles. The highest BCUT2D eigenvalue weighted by Crippen LogP contribution is 2.28. The van der Waals surface area contributed by atoms with E-state index in [-0.39, 0.29) is 6.04 Å². The Hall–Kier alpha value is -0.220. The van der Waals surface area contributed by atoms with Crippen molar-refractivity contribution in [3.63, 3.8) is 0 Å². The molecule has 15 heavy (non-hydrogen) atoms. The summed E-state index contributed by atoms with van der Waals surface area (Å²) in [6, 6.07) is 0.656. The number of rotatable bonds is 5. The number of thioether (sulfide) groups is 1. The highest BCUT2D eigenvalue weighted by molar-refractivity contribution is 7.99. The third-order valence-electron chi connectivity index (χ3n) is 3.04. The van der Waals surface area contributed by atoms with Gasteiger partial charge in [-0.25, -0.2) is 0 Å². The number of carbonyl (C=O) groups is 1. The van der Waals surface area contributed by atoms with Crippen LogP contribution in [0.5, 0.6) is 0 Å². The maximum Gasteiger partial charge on any atom is 0.240 e. The van der Waals surface area contributed by atoms with Crippen LogP contribution in [-0.4, -0.2) is 41.1 Å². The first-order valence-electron chi connectivity index (χ1n) is 5.94. The van der Waals surface area contributed by atoms with E-state index in [9.17, 15) is 4.79 Å². The summed E-state index contributed by atoms with van der Waals surface area (Å²) in [4.78, 5) is 14.3. The summed E-state index contributed by atoms with van der Waals surface area (Å²) in [6.07, 6.45) is 4.75.